The summed E-state index contributed by atoms with van der Waals surface area (Å²) in [7, 11) is 3.51. The van der Waals surface area contributed by atoms with Crippen molar-refractivity contribution in [1.29, 1.82) is 0 Å². The third-order valence-electron chi connectivity index (χ3n) is 5.74. The Morgan fingerprint density at radius 1 is 0.966 bits per heavy atom. The Morgan fingerprint density at radius 3 is 2.45 bits per heavy atom. The standard InChI is InChI=1S/C23H34N2OS3/c1-3-5-6-7-8-20-22(28-29-23(20)27)18-9-10-21(26)19(16-18)17-25-14-12-24(11-4-2)13-15-25/h9-10,16,26H,3-8,11-15,17H2,1-2H3. The fraction of sp³-hybridized carbons (Fsp3) is 0.609. The van der Waals surface area contributed by atoms with Crippen LogP contribution in [0.4, 0.5) is 0 Å². The van der Waals surface area contributed by atoms with Gasteiger partial charge in [0.1, 0.15) is 9.57 Å². The lowest BCUT2D eigenvalue weighted by Crippen LogP contribution is -2.45. The third-order valence-corrected chi connectivity index (χ3v) is 8.93. The summed E-state index contributed by atoms with van der Waals surface area (Å²) in [5, 5.41) is 10.5. The molecule has 1 saturated heterocycles. The van der Waals surface area contributed by atoms with Crippen LogP contribution in [0.25, 0.3) is 10.4 Å². The van der Waals surface area contributed by atoms with Crippen LogP contribution in [0.3, 0.4) is 0 Å². The van der Waals surface area contributed by atoms with E-state index >= 15 is 0 Å². The summed E-state index contributed by atoms with van der Waals surface area (Å²) in [6.45, 7) is 10.9. The molecule has 6 heteroatoms. The summed E-state index contributed by atoms with van der Waals surface area (Å²) in [5.41, 5.74) is 3.59. The van der Waals surface area contributed by atoms with Crippen molar-refractivity contribution in [1.82, 2.24) is 9.80 Å². The van der Waals surface area contributed by atoms with Crippen LogP contribution >= 0.6 is 32.9 Å². The number of unbranched alkanes of at least 4 members (excludes halogenated alkanes) is 3. The van der Waals surface area contributed by atoms with Gasteiger partial charge < -0.3 is 10.0 Å². The Bertz CT molecular complexity index is 822. The van der Waals surface area contributed by atoms with Crippen LogP contribution in [-0.4, -0.2) is 47.6 Å². The number of piperazine rings is 1. The molecule has 1 fully saturated rings. The number of nitrogens with zero attached hydrogens (tertiary/aromatic N) is 2. The molecule has 0 bridgehead atoms. The van der Waals surface area contributed by atoms with Gasteiger partial charge in [-0.25, -0.2) is 0 Å². The van der Waals surface area contributed by atoms with Gasteiger partial charge in [-0.3, -0.25) is 4.90 Å². The number of benzene rings is 1. The Labute approximate surface area is 188 Å². The molecule has 1 aliphatic heterocycles. The second-order valence-electron chi connectivity index (χ2n) is 8.03. The first-order valence-corrected chi connectivity index (χ1v) is 13.6. The maximum atomic E-state index is 10.5. The van der Waals surface area contributed by atoms with Crippen LogP contribution in [0.5, 0.6) is 5.75 Å². The molecular weight excluding hydrogens is 416 g/mol. The number of phenolic OH excluding ortho intramolecular Hbond substituents is 1. The topological polar surface area (TPSA) is 26.7 Å². The van der Waals surface area contributed by atoms with Crippen LogP contribution in [0.15, 0.2) is 18.2 Å². The normalized spacial score (nSPS) is 15.8. The molecule has 29 heavy (non-hydrogen) atoms. The van der Waals surface area contributed by atoms with E-state index in [2.05, 4.69) is 35.8 Å². The molecule has 0 saturated carbocycles. The van der Waals surface area contributed by atoms with Gasteiger partial charge in [-0.2, -0.15) is 0 Å². The molecule has 2 aromatic rings. The van der Waals surface area contributed by atoms with Crippen molar-refractivity contribution < 1.29 is 5.11 Å². The average molecular weight is 451 g/mol. The lowest BCUT2D eigenvalue weighted by atomic mass is 10.0. The fourth-order valence-corrected chi connectivity index (χ4v) is 7.02. The highest BCUT2D eigenvalue weighted by Crippen LogP contribution is 2.37. The minimum Gasteiger partial charge on any atom is -0.508 e. The summed E-state index contributed by atoms with van der Waals surface area (Å²) in [4.78, 5) is 6.31. The van der Waals surface area contributed by atoms with Crippen LogP contribution in [0.1, 0.15) is 57.1 Å². The zero-order valence-electron chi connectivity index (χ0n) is 17.8. The molecule has 1 aromatic carbocycles. The lowest BCUT2D eigenvalue weighted by Gasteiger charge is -2.34. The first kappa shape index (κ1) is 22.9. The predicted octanol–water partition coefficient (Wildman–Crippen LogP) is 6.56. The highest BCUT2D eigenvalue weighted by Gasteiger charge is 2.18. The Morgan fingerprint density at radius 2 is 1.72 bits per heavy atom. The van der Waals surface area contributed by atoms with E-state index in [1.807, 2.05) is 6.07 Å². The van der Waals surface area contributed by atoms with Gasteiger partial charge in [-0.05, 0) is 55.1 Å². The molecule has 0 unspecified atom stereocenters. The highest BCUT2D eigenvalue weighted by atomic mass is 32.9. The molecule has 3 rings (SSSR count). The Balaban J connectivity index is 1.70. The molecule has 160 valence electrons. The number of aromatic hydroxyl groups is 1. The van der Waals surface area contributed by atoms with E-state index in [-0.39, 0.29) is 0 Å². The van der Waals surface area contributed by atoms with Gasteiger partial charge in [0.05, 0.1) is 4.88 Å². The number of hydrogen-bond acceptors (Lipinski definition) is 6. The van der Waals surface area contributed by atoms with Gasteiger partial charge in [0.15, 0.2) is 0 Å². The summed E-state index contributed by atoms with van der Waals surface area (Å²) in [5.74, 6) is 0.410. The molecule has 0 aliphatic carbocycles. The molecule has 0 amide bonds. The molecule has 3 nitrogen and oxygen atoms in total. The van der Waals surface area contributed by atoms with Crippen molar-refractivity contribution >= 4 is 32.9 Å². The number of hydrogen-bond donors (Lipinski definition) is 1. The van der Waals surface area contributed by atoms with Crippen molar-refractivity contribution in [3.8, 4) is 16.2 Å². The molecule has 1 N–H and O–H groups in total. The molecule has 1 aromatic heterocycles. The van der Waals surface area contributed by atoms with E-state index in [1.54, 1.807) is 20.7 Å². The predicted molar refractivity (Wildman–Crippen MR) is 130 cm³/mol. The quantitative estimate of drug-likeness (QED) is 0.252. The first-order chi connectivity index (χ1) is 14.1. The maximum absolute atomic E-state index is 10.5. The van der Waals surface area contributed by atoms with Crippen LogP contribution in [0, 0.1) is 3.82 Å². The molecule has 1 aliphatic rings. The highest BCUT2D eigenvalue weighted by molar-refractivity contribution is 7.80. The smallest absolute Gasteiger partial charge is 0.120 e. The van der Waals surface area contributed by atoms with Gasteiger partial charge in [0.25, 0.3) is 0 Å². The van der Waals surface area contributed by atoms with Crippen LogP contribution in [0.2, 0.25) is 0 Å². The van der Waals surface area contributed by atoms with Crippen molar-refractivity contribution in [3.05, 3.63) is 33.1 Å². The molecule has 0 radical (unpaired) electrons. The minimum absolute atomic E-state index is 0.410. The van der Waals surface area contributed by atoms with E-state index in [0.29, 0.717) is 5.75 Å². The molecule has 0 atom stereocenters. The van der Waals surface area contributed by atoms with E-state index in [4.69, 9.17) is 12.2 Å². The monoisotopic (exact) mass is 450 g/mol. The van der Waals surface area contributed by atoms with Gasteiger partial charge in [0, 0.05) is 38.3 Å². The maximum Gasteiger partial charge on any atom is 0.120 e. The molecule has 0 spiro atoms. The van der Waals surface area contributed by atoms with E-state index in [9.17, 15) is 5.11 Å². The zero-order valence-corrected chi connectivity index (χ0v) is 20.2. The van der Waals surface area contributed by atoms with Crippen molar-refractivity contribution in [2.75, 3.05) is 32.7 Å². The molecule has 2 heterocycles. The number of rotatable bonds is 10. The summed E-state index contributed by atoms with van der Waals surface area (Å²) in [6.07, 6.45) is 7.33. The summed E-state index contributed by atoms with van der Waals surface area (Å²) < 4.78 is 1.04. The first-order valence-electron chi connectivity index (χ1n) is 11.0. The Kier molecular flexibility index (Phi) is 9.12. The van der Waals surface area contributed by atoms with Crippen LogP contribution < -0.4 is 0 Å². The van der Waals surface area contributed by atoms with E-state index in [0.717, 1.165) is 48.5 Å². The summed E-state index contributed by atoms with van der Waals surface area (Å²) >= 11 is 5.64. The second kappa shape index (κ2) is 11.6. The Hall–Kier alpha value is -0.790. The minimum atomic E-state index is 0.410. The zero-order chi connectivity index (χ0) is 20.6. The average Bonchev–Trinajstić information content (AvgIpc) is 3.09. The van der Waals surface area contributed by atoms with E-state index in [1.165, 1.54) is 54.7 Å². The van der Waals surface area contributed by atoms with Gasteiger partial charge in [-0.15, -0.1) is 0 Å². The third kappa shape index (κ3) is 6.34. The van der Waals surface area contributed by atoms with Crippen molar-refractivity contribution in [3.63, 3.8) is 0 Å². The van der Waals surface area contributed by atoms with Gasteiger partial charge in [0.2, 0.25) is 0 Å². The van der Waals surface area contributed by atoms with Crippen molar-refractivity contribution in [2.45, 2.75) is 58.9 Å². The lowest BCUT2D eigenvalue weighted by molar-refractivity contribution is 0.126. The van der Waals surface area contributed by atoms with Crippen molar-refractivity contribution in [2.24, 2.45) is 0 Å². The fourth-order valence-electron chi connectivity index (χ4n) is 4.02. The largest absolute Gasteiger partial charge is 0.508 e. The summed E-state index contributed by atoms with van der Waals surface area (Å²) in [6, 6.07) is 6.11. The SMILES string of the molecule is CCCCCCc1c(-c2ccc(O)c(CN3CCN(CCC)CC3)c2)ssc1=S. The number of phenols is 1. The van der Waals surface area contributed by atoms with Gasteiger partial charge >= 0.3 is 0 Å². The van der Waals surface area contributed by atoms with Gasteiger partial charge in [-0.1, -0.05) is 66.0 Å². The van der Waals surface area contributed by atoms with Crippen LogP contribution in [-0.2, 0) is 13.0 Å². The molecular formula is C23H34N2OS3. The van der Waals surface area contributed by atoms with E-state index < -0.39 is 0 Å². The second-order valence-corrected chi connectivity index (χ2v) is 10.9.